The normalized spacial score (nSPS) is 18.6. The first-order valence-corrected chi connectivity index (χ1v) is 5.96. The molecule has 5 nitrogen and oxygen atoms in total. The van der Waals surface area contributed by atoms with Crippen LogP contribution < -0.4 is 10.1 Å². The number of nitrogens with one attached hydrogen (secondary N) is 1. The second-order valence-corrected chi connectivity index (χ2v) is 4.21. The van der Waals surface area contributed by atoms with Crippen LogP contribution in [0.25, 0.3) is 0 Å². The number of carbonyl (C=O) groups excluding carboxylic acids is 1. The van der Waals surface area contributed by atoms with Crippen LogP contribution in [0.3, 0.4) is 0 Å². The fourth-order valence-electron chi connectivity index (χ4n) is 1.91. The standard InChI is InChI=1S/C13H17NO4/c1-17-10-4-5-11(15)9(7-10)8-14-13(16)12-3-2-6-18-12/h4-5,7,12,15H,2-3,6,8H2,1H3,(H,14,16). The number of phenols is 1. The van der Waals surface area contributed by atoms with Gasteiger partial charge in [0.15, 0.2) is 0 Å². The number of aromatic hydroxyl groups is 1. The Kier molecular flexibility index (Phi) is 4.04. The van der Waals surface area contributed by atoms with Crippen LogP contribution in [-0.2, 0) is 16.1 Å². The van der Waals surface area contributed by atoms with Crippen molar-refractivity contribution >= 4 is 5.91 Å². The first-order chi connectivity index (χ1) is 8.70. The second-order valence-electron chi connectivity index (χ2n) is 4.21. The van der Waals surface area contributed by atoms with Crippen LogP contribution in [0.15, 0.2) is 18.2 Å². The van der Waals surface area contributed by atoms with E-state index in [0.29, 0.717) is 17.9 Å². The van der Waals surface area contributed by atoms with E-state index in [1.54, 1.807) is 25.3 Å². The van der Waals surface area contributed by atoms with Crippen LogP contribution in [-0.4, -0.2) is 30.8 Å². The molecule has 1 aromatic carbocycles. The van der Waals surface area contributed by atoms with Crippen LogP contribution in [0.4, 0.5) is 0 Å². The largest absolute Gasteiger partial charge is 0.508 e. The third-order valence-corrected chi connectivity index (χ3v) is 2.96. The van der Waals surface area contributed by atoms with Crippen molar-refractivity contribution < 1.29 is 19.4 Å². The SMILES string of the molecule is COc1ccc(O)c(CNC(=O)C2CCCO2)c1. The van der Waals surface area contributed by atoms with Gasteiger partial charge >= 0.3 is 0 Å². The molecule has 1 heterocycles. The van der Waals surface area contributed by atoms with E-state index in [2.05, 4.69) is 5.32 Å². The summed E-state index contributed by atoms with van der Waals surface area (Å²) in [6.07, 6.45) is 1.33. The molecule has 1 aliphatic rings. The number of ether oxygens (including phenoxy) is 2. The van der Waals surface area contributed by atoms with Crippen LogP contribution in [0.2, 0.25) is 0 Å². The van der Waals surface area contributed by atoms with Gasteiger partial charge in [-0.15, -0.1) is 0 Å². The quantitative estimate of drug-likeness (QED) is 0.843. The minimum atomic E-state index is -0.349. The summed E-state index contributed by atoms with van der Waals surface area (Å²) in [6, 6.07) is 4.91. The summed E-state index contributed by atoms with van der Waals surface area (Å²) >= 11 is 0. The molecule has 1 aromatic rings. The molecule has 1 unspecified atom stereocenters. The van der Waals surface area contributed by atoms with Crippen molar-refractivity contribution in [2.75, 3.05) is 13.7 Å². The molecule has 2 rings (SSSR count). The zero-order valence-corrected chi connectivity index (χ0v) is 10.3. The average molecular weight is 251 g/mol. The fraction of sp³-hybridized carbons (Fsp3) is 0.462. The zero-order valence-electron chi connectivity index (χ0n) is 10.3. The number of hydrogen-bond acceptors (Lipinski definition) is 4. The number of methoxy groups -OCH3 is 1. The van der Waals surface area contributed by atoms with Crippen molar-refractivity contribution in [1.82, 2.24) is 5.32 Å². The summed E-state index contributed by atoms with van der Waals surface area (Å²) in [7, 11) is 1.56. The minimum absolute atomic E-state index is 0.130. The molecular formula is C13H17NO4. The lowest BCUT2D eigenvalue weighted by Gasteiger charge is -2.12. The summed E-state index contributed by atoms with van der Waals surface area (Å²) in [4.78, 5) is 11.7. The maximum absolute atomic E-state index is 11.7. The van der Waals surface area contributed by atoms with Crippen LogP contribution in [0, 0.1) is 0 Å². The van der Waals surface area contributed by atoms with Gasteiger partial charge in [-0.05, 0) is 31.0 Å². The van der Waals surface area contributed by atoms with E-state index in [0.717, 1.165) is 12.8 Å². The van der Waals surface area contributed by atoms with Gasteiger partial charge in [0.05, 0.1) is 7.11 Å². The highest BCUT2D eigenvalue weighted by Gasteiger charge is 2.23. The molecule has 1 fully saturated rings. The molecule has 98 valence electrons. The second kappa shape index (κ2) is 5.73. The molecule has 1 saturated heterocycles. The van der Waals surface area contributed by atoms with Gasteiger partial charge in [-0.2, -0.15) is 0 Å². The molecule has 5 heteroatoms. The third-order valence-electron chi connectivity index (χ3n) is 2.96. The van der Waals surface area contributed by atoms with Gasteiger partial charge in [0.2, 0.25) is 5.91 Å². The predicted molar refractivity (Wildman–Crippen MR) is 65.5 cm³/mol. The highest BCUT2D eigenvalue weighted by molar-refractivity contribution is 5.81. The molecule has 18 heavy (non-hydrogen) atoms. The maximum Gasteiger partial charge on any atom is 0.249 e. The van der Waals surface area contributed by atoms with Crippen LogP contribution in [0.1, 0.15) is 18.4 Å². The zero-order chi connectivity index (χ0) is 13.0. The van der Waals surface area contributed by atoms with Gasteiger partial charge in [-0.3, -0.25) is 4.79 Å². The van der Waals surface area contributed by atoms with Crippen molar-refractivity contribution in [2.45, 2.75) is 25.5 Å². The van der Waals surface area contributed by atoms with E-state index in [9.17, 15) is 9.90 Å². The van der Waals surface area contributed by atoms with Gasteiger partial charge in [-0.25, -0.2) is 0 Å². The van der Waals surface area contributed by atoms with Gasteiger partial charge in [0.25, 0.3) is 0 Å². The van der Waals surface area contributed by atoms with E-state index >= 15 is 0 Å². The number of rotatable bonds is 4. The molecule has 1 amide bonds. The Hall–Kier alpha value is -1.75. The van der Waals surface area contributed by atoms with Crippen molar-refractivity contribution in [1.29, 1.82) is 0 Å². The summed E-state index contributed by atoms with van der Waals surface area (Å²) in [5.74, 6) is 0.660. The van der Waals surface area contributed by atoms with Gasteiger partial charge in [0.1, 0.15) is 17.6 Å². The molecule has 2 N–H and O–H groups in total. The lowest BCUT2D eigenvalue weighted by atomic mass is 10.1. The topological polar surface area (TPSA) is 67.8 Å². The Balaban J connectivity index is 1.94. The van der Waals surface area contributed by atoms with E-state index < -0.39 is 0 Å². The molecule has 0 spiro atoms. The van der Waals surface area contributed by atoms with E-state index in [1.165, 1.54) is 0 Å². The number of benzene rings is 1. The summed E-state index contributed by atoms with van der Waals surface area (Å²) in [5.41, 5.74) is 0.626. The smallest absolute Gasteiger partial charge is 0.249 e. The van der Waals surface area contributed by atoms with Crippen molar-refractivity contribution in [3.05, 3.63) is 23.8 Å². The fourth-order valence-corrected chi connectivity index (χ4v) is 1.91. The van der Waals surface area contributed by atoms with Crippen molar-refractivity contribution in [3.63, 3.8) is 0 Å². The molecule has 0 saturated carbocycles. The maximum atomic E-state index is 11.7. The third kappa shape index (κ3) is 2.92. The summed E-state index contributed by atoms with van der Waals surface area (Å²) in [5, 5.41) is 12.4. The highest BCUT2D eigenvalue weighted by atomic mass is 16.5. The van der Waals surface area contributed by atoms with Crippen LogP contribution in [0.5, 0.6) is 11.5 Å². The molecule has 0 aliphatic carbocycles. The van der Waals surface area contributed by atoms with E-state index in [4.69, 9.17) is 9.47 Å². The Morgan fingerprint density at radius 3 is 3.11 bits per heavy atom. The molecule has 0 aromatic heterocycles. The Morgan fingerprint density at radius 2 is 2.44 bits per heavy atom. The lowest BCUT2D eigenvalue weighted by molar-refractivity contribution is -0.130. The summed E-state index contributed by atoms with van der Waals surface area (Å²) in [6.45, 7) is 0.907. The van der Waals surface area contributed by atoms with E-state index in [-0.39, 0.29) is 24.3 Å². The Bertz CT molecular complexity index is 427. The number of phenolic OH excluding ortho intramolecular Hbond substituents is 1. The number of carbonyl (C=O) groups is 1. The summed E-state index contributed by atoms with van der Waals surface area (Å²) < 4.78 is 10.3. The van der Waals surface area contributed by atoms with Crippen molar-refractivity contribution in [3.8, 4) is 11.5 Å². The number of hydrogen-bond donors (Lipinski definition) is 2. The monoisotopic (exact) mass is 251 g/mol. The van der Waals surface area contributed by atoms with Gasteiger partial charge in [-0.1, -0.05) is 0 Å². The first-order valence-electron chi connectivity index (χ1n) is 5.96. The lowest BCUT2D eigenvalue weighted by Crippen LogP contribution is -2.33. The average Bonchev–Trinajstić information content (AvgIpc) is 2.91. The predicted octanol–water partition coefficient (Wildman–Crippen LogP) is 1.20. The van der Waals surface area contributed by atoms with E-state index in [1.807, 2.05) is 0 Å². The molecule has 1 aliphatic heterocycles. The minimum Gasteiger partial charge on any atom is -0.508 e. The molecule has 1 atom stereocenters. The van der Waals surface area contributed by atoms with Crippen LogP contribution >= 0.6 is 0 Å². The van der Waals surface area contributed by atoms with Gasteiger partial charge in [0, 0.05) is 18.7 Å². The van der Waals surface area contributed by atoms with Crippen molar-refractivity contribution in [2.24, 2.45) is 0 Å². The highest BCUT2D eigenvalue weighted by Crippen LogP contribution is 2.22. The number of amides is 1. The first kappa shape index (κ1) is 12.7. The Labute approximate surface area is 106 Å². The molecular weight excluding hydrogens is 234 g/mol. The molecule has 0 radical (unpaired) electrons. The molecule has 0 bridgehead atoms. The van der Waals surface area contributed by atoms with Gasteiger partial charge < -0.3 is 19.9 Å². The Morgan fingerprint density at radius 1 is 1.61 bits per heavy atom.